The number of nitrogens with zero attached hydrogens (tertiary/aromatic N) is 3. The Labute approximate surface area is 184 Å². The van der Waals surface area contributed by atoms with Crippen molar-refractivity contribution in [3.05, 3.63) is 35.2 Å². The largest absolute Gasteiger partial charge is 0.481 e. The number of carbonyl (C=O) groups excluding carboxylic acids is 1. The molecule has 0 saturated heterocycles. The topological polar surface area (TPSA) is 143 Å². The minimum Gasteiger partial charge on any atom is -0.481 e. The summed E-state index contributed by atoms with van der Waals surface area (Å²) in [6, 6.07) is 0. The molecule has 0 bridgehead atoms. The van der Waals surface area contributed by atoms with Crippen molar-refractivity contribution in [3.8, 4) is 0 Å². The molecule has 176 valence electrons. The summed E-state index contributed by atoms with van der Waals surface area (Å²) < 4.78 is 15.6. The summed E-state index contributed by atoms with van der Waals surface area (Å²) in [4.78, 5) is 26.4. The summed E-state index contributed by atoms with van der Waals surface area (Å²) in [6.07, 6.45) is 7.81. The normalized spacial score (nSPS) is 13.9. The van der Waals surface area contributed by atoms with E-state index in [1.54, 1.807) is 6.92 Å². The van der Waals surface area contributed by atoms with Crippen molar-refractivity contribution in [2.75, 3.05) is 46.3 Å². The fourth-order valence-electron chi connectivity index (χ4n) is 2.52. The van der Waals surface area contributed by atoms with E-state index in [-0.39, 0.29) is 12.6 Å². The lowest BCUT2D eigenvalue weighted by Gasteiger charge is -2.18. The van der Waals surface area contributed by atoms with Crippen LogP contribution in [0.15, 0.2) is 29.9 Å². The van der Waals surface area contributed by atoms with Gasteiger partial charge in [-0.3, -0.25) is 9.59 Å². The number of ether oxygens (including phenoxy) is 3. The van der Waals surface area contributed by atoms with E-state index >= 15 is 0 Å². The van der Waals surface area contributed by atoms with Crippen LogP contribution in [0.25, 0.3) is 10.4 Å². The Morgan fingerprint density at radius 3 is 2.39 bits per heavy atom. The highest BCUT2D eigenvalue weighted by atomic mass is 16.5. The van der Waals surface area contributed by atoms with Gasteiger partial charge in [-0.2, -0.15) is 0 Å². The zero-order chi connectivity index (χ0) is 23.3. The second-order valence-corrected chi connectivity index (χ2v) is 7.01. The number of azide groups is 1. The van der Waals surface area contributed by atoms with Crippen molar-refractivity contribution in [2.45, 2.75) is 33.1 Å². The van der Waals surface area contributed by atoms with Crippen molar-refractivity contribution in [1.29, 1.82) is 0 Å². The molecular formula is C21H36N4O6. The van der Waals surface area contributed by atoms with Gasteiger partial charge in [0, 0.05) is 17.4 Å². The second kappa shape index (κ2) is 19.6. The van der Waals surface area contributed by atoms with Crippen LogP contribution < -0.4 is 5.32 Å². The molecule has 0 saturated carbocycles. The monoisotopic (exact) mass is 440 g/mol. The molecule has 10 heteroatoms. The van der Waals surface area contributed by atoms with E-state index in [0.29, 0.717) is 51.9 Å². The molecule has 0 heterocycles. The molecule has 0 spiro atoms. The predicted octanol–water partition coefficient (Wildman–Crippen LogP) is 3.31. The molecule has 2 N–H and O–H groups in total. The van der Waals surface area contributed by atoms with Gasteiger partial charge in [0.2, 0.25) is 5.91 Å². The predicted molar refractivity (Wildman–Crippen MR) is 117 cm³/mol. The molecule has 0 rings (SSSR count). The average molecular weight is 441 g/mol. The number of amides is 1. The lowest BCUT2D eigenvalue weighted by molar-refractivity contribution is -0.146. The molecular weight excluding hydrogens is 404 g/mol. The first-order valence-corrected chi connectivity index (χ1v) is 10.5. The summed E-state index contributed by atoms with van der Waals surface area (Å²) in [7, 11) is 0. The molecule has 0 aromatic carbocycles. The molecule has 0 fully saturated rings. The molecule has 3 atom stereocenters. The Bertz CT molecular complexity index is 592. The molecule has 0 aliphatic heterocycles. The zero-order valence-electron chi connectivity index (χ0n) is 18.6. The van der Waals surface area contributed by atoms with Gasteiger partial charge in [0.25, 0.3) is 0 Å². The van der Waals surface area contributed by atoms with Crippen molar-refractivity contribution >= 4 is 11.9 Å². The lowest BCUT2D eigenvalue weighted by Crippen LogP contribution is -2.37. The van der Waals surface area contributed by atoms with E-state index in [1.165, 1.54) is 0 Å². The Hall–Kier alpha value is -2.39. The minimum atomic E-state index is -0.983. The second-order valence-electron chi connectivity index (χ2n) is 7.01. The number of nitrogens with one attached hydrogen (secondary N) is 1. The zero-order valence-corrected chi connectivity index (χ0v) is 18.6. The SMILES string of the molecule is C=CC(C)CCC=CCC(C(=O)O)C(C)C(=O)NCCOCCOCCOCN=[N+]=[N-]. The molecule has 31 heavy (non-hydrogen) atoms. The highest BCUT2D eigenvalue weighted by molar-refractivity contribution is 5.84. The molecule has 3 unspecified atom stereocenters. The van der Waals surface area contributed by atoms with E-state index in [0.717, 1.165) is 12.8 Å². The van der Waals surface area contributed by atoms with Gasteiger partial charge < -0.3 is 24.6 Å². The fourth-order valence-corrected chi connectivity index (χ4v) is 2.52. The van der Waals surface area contributed by atoms with E-state index in [4.69, 9.17) is 19.7 Å². The number of carboxylic acids is 1. The van der Waals surface area contributed by atoms with Crippen LogP contribution >= 0.6 is 0 Å². The average Bonchev–Trinajstić information content (AvgIpc) is 2.75. The van der Waals surface area contributed by atoms with Gasteiger partial charge in [-0.15, -0.1) is 6.58 Å². The van der Waals surface area contributed by atoms with Gasteiger partial charge in [-0.05, 0) is 30.7 Å². The van der Waals surface area contributed by atoms with Gasteiger partial charge >= 0.3 is 5.97 Å². The van der Waals surface area contributed by atoms with E-state index < -0.39 is 17.8 Å². The highest BCUT2D eigenvalue weighted by Gasteiger charge is 2.28. The smallest absolute Gasteiger partial charge is 0.307 e. The van der Waals surface area contributed by atoms with Gasteiger partial charge in [-0.1, -0.05) is 37.2 Å². The summed E-state index contributed by atoms with van der Waals surface area (Å²) >= 11 is 0. The molecule has 1 amide bonds. The van der Waals surface area contributed by atoms with Crippen LogP contribution in [0.4, 0.5) is 0 Å². The number of allylic oxidation sites excluding steroid dienone is 3. The highest BCUT2D eigenvalue weighted by Crippen LogP contribution is 2.18. The van der Waals surface area contributed by atoms with Crippen molar-refractivity contribution in [2.24, 2.45) is 22.9 Å². The summed E-state index contributed by atoms with van der Waals surface area (Å²) in [6.45, 7) is 9.41. The fraction of sp³-hybridized carbons (Fsp3) is 0.714. The third-order valence-corrected chi connectivity index (χ3v) is 4.58. The van der Waals surface area contributed by atoms with Gasteiger partial charge in [-0.25, -0.2) is 0 Å². The molecule has 0 radical (unpaired) electrons. The Balaban J connectivity index is 3.95. The summed E-state index contributed by atoms with van der Waals surface area (Å²) in [5.74, 6) is -2.30. The Morgan fingerprint density at radius 1 is 1.13 bits per heavy atom. The first-order valence-electron chi connectivity index (χ1n) is 10.5. The first-order chi connectivity index (χ1) is 14.9. The number of hydrogen-bond acceptors (Lipinski definition) is 6. The quantitative estimate of drug-likeness (QED) is 0.0977. The van der Waals surface area contributed by atoms with Crippen LogP contribution in [0.1, 0.15) is 33.1 Å². The minimum absolute atomic E-state index is 0.0253. The standard InChI is InChI=1S/C21H36N4O6/c1-4-17(2)8-6-5-7-9-19(21(27)28)18(3)20(26)23-10-11-29-12-13-30-14-15-31-16-24-25-22/h4-5,7,17-19H,1,6,8-16H2,2-3H3,(H,23,26)(H,27,28). The van der Waals surface area contributed by atoms with Gasteiger partial charge in [0.05, 0.1) is 39.0 Å². The van der Waals surface area contributed by atoms with Crippen LogP contribution in [0.3, 0.4) is 0 Å². The summed E-state index contributed by atoms with van der Waals surface area (Å²) in [5.41, 5.74) is 8.07. The number of rotatable bonds is 20. The first kappa shape index (κ1) is 28.6. The molecule has 0 aliphatic carbocycles. The van der Waals surface area contributed by atoms with Crippen molar-refractivity contribution in [3.63, 3.8) is 0 Å². The molecule has 0 aliphatic rings. The Kier molecular flexibility index (Phi) is 18.1. The third kappa shape index (κ3) is 16.0. The number of carbonyl (C=O) groups is 2. The van der Waals surface area contributed by atoms with Crippen LogP contribution in [-0.4, -0.2) is 63.3 Å². The lowest BCUT2D eigenvalue weighted by atomic mass is 9.90. The number of hydrogen-bond donors (Lipinski definition) is 2. The van der Waals surface area contributed by atoms with E-state index in [2.05, 4.69) is 28.8 Å². The van der Waals surface area contributed by atoms with Crippen LogP contribution in [0.2, 0.25) is 0 Å². The Morgan fingerprint density at radius 2 is 1.77 bits per heavy atom. The van der Waals surface area contributed by atoms with Gasteiger partial charge in [0.1, 0.15) is 6.73 Å². The van der Waals surface area contributed by atoms with Crippen molar-refractivity contribution < 1.29 is 28.9 Å². The number of aliphatic carboxylic acids is 1. The van der Waals surface area contributed by atoms with E-state index in [9.17, 15) is 14.7 Å². The van der Waals surface area contributed by atoms with Crippen molar-refractivity contribution in [1.82, 2.24) is 5.32 Å². The third-order valence-electron chi connectivity index (χ3n) is 4.58. The molecule has 0 aromatic heterocycles. The maximum absolute atomic E-state index is 12.3. The van der Waals surface area contributed by atoms with Gasteiger partial charge in [0.15, 0.2) is 0 Å². The van der Waals surface area contributed by atoms with Crippen LogP contribution in [0, 0.1) is 17.8 Å². The van der Waals surface area contributed by atoms with Crippen LogP contribution in [0.5, 0.6) is 0 Å². The molecule has 0 aromatic rings. The number of carboxylic acid groups (broad SMARTS) is 1. The van der Waals surface area contributed by atoms with Crippen LogP contribution in [-0.2, 0) is 23.8 Å². The maximum atomic E-state index is 12.3. The maximum Gasteiger partial charge on any atom is 0.307 e. The molecule has 10 nitrogen and oxygen atoms in total. The van der Waals surface area contributed by atoms with E-state index in [1.807, 2.05) is 18.2 Å². The summed E-state index contributed by atoms with van der Waals surface area (Å²) in [5, 5.41) is 15.4.